The maximum atomic E-state index is 13.8. The molecule has 1 atom stereocenters. The highest BCUT2D eigenvalue weighted by Crippen LogP contribution is 2.47. The topological polar surface area (TPSA) is 63.8 Å². The number of carbonyl (C=O) groups excluding carboxylic acids is 1. The first-order chi connectivity index (χ1) is 23.1. The number of benzene rings is 1. The number of thiophene rings is 1. The highest BCUT2D eigenvalue weighted by Gasteiger charge is 2.38. The molecule has 6 rings (SSSR count). The molecule has 1 aromatic carbocycles. The summed E-state index contributed by atoms with van der Waals surface area (Å²) in [5.41, 5.74) is 4.82. The Morgan fingerprint density at radius 2 is 1.28 bits per heavy atom. The second-order valence-electron chi connectivity index (χ2n) is 14.3. The van der Waals surface area contributed by atoms with E-state index in [-0.39, 0.29) is 11.3 Å². The monoisotopic (exact) mass is 653 g/mol. The molecule has 47 heavy (non-hydrogen) atoms. The number of fused-ring (bicyclic) bond motifs is 4. The molecule has 4 aromatic rings. The van der Waals surface area contributed by atoms with Gasteiger partial charge in [-0.3, -0.25) is 19.0 Å². The van der Waals surface area contributed by atoms with Crippen molar-refractivity contribution in [3.05, 3.63) is 50.9 Å². The number of hydrogen-bond donors (Lipinski definition) is 0. The Labute approximate surface area is 285 Å². The molecule has 1 unspecified atom stereocenters. The molecule has 0 amide bonds. The number of aryl methyl sites for hydroxylation is 1. The van der Waals surface area contributed by atoms with E-state index in [4.69, 9.17) is 9.98 Å². The van der Waals surface area contributed by atoms with Crippen LogP contribution in [0.2, 0.25) is 0 Å². The molecule has 6 heteroatoms. The average Bonchev–Trinajstić information content (AvgIpc) is 3.82. The van der Waals surface area contributed by atoms with E-state index in [0.717, 1.165) is 70.0 Å². The molecule has 0 saturated carbocycles. The van der Waals surface area contributed by atoms with Crippen LogP contribution in [0.4, 0.5) is 0 Å². The largest absolute Gasteiger partial charge is 0.290 e. The average molecular weight is 654 g/mol. The van der Waals surface area contributed by atoms with E-state index in [1.165, 1.54) is 127 Å². The molecule has 2 aliphatic rings. The number of rotatable bonds is 22. The number of allylic oxidation sites excluding steroid dienone is 1. The maximum Gasteiger partial charge on any atom is 0.274 e. The summed E-state index contributed by atoms with van der Waals surface area (Å²) in [7, 11) is 0. The van der Waals surface area contributed by atoms with Crippen LogP contribution in [-0.4, -0.2) is 26.9 Å². The Bertz CT molecular complexity index is 1780. The lowest BCUT2D eigenvalue weighted by Gasteiger charge is -2.19. The number of pyridine rings is 1. The van der Waals surface area contributed by atoms with Crippen LogP contribution >= 0.6 is 11.3 Å². The van der Waals surface area contributed by atoms with Gasteiger partial charge in [0.25, 0.3) is 5.56 Å². The Morgan fingerprint density at radius 1 is 0.702 bits per heavy atom. The third-order valence-corrected chi connectivity index (χ3v) is 11.7. The number of unbranched alkanes of at least 4 members (excludes halogenated alkanes) is 18. The zero-order valence-electron chi connectivity index (χ0n) is 29.0. The van der Waals surface area contributed by atoms with Gasteiger partial charge in [-0.25, -0.2) is 4.98 Å². The van der Waals surface area contributed by atoms with Gasteiger partial charge in [-0.15, -0.1) is 11.3 Å². The van der Waals surface area contributed by atoms with Crippen molar-refractivity contribution in [2.45, 2.75) is 161 Å². The Balaban J connectivity index is 1.08. The van der Waals surface area contributed by atoms with Crippen LogP contribution in [0.25, 0.3) is 32.1 Å². The summed E-state index contributed by atoms with van der Waals surface area (Å²) in [6.45, 7) is 4.54. The van der Waals surface area contributed by atoms with Crippen molar-refractivity contribution in [3.63, 3.8) is 0 Å². The van der Waals surface area contributed by atoms with E-state index >= 15 is 0 Å². The van der Waals surface area contributed by atoms with Gasteiger partial charge in [-0.05, 0) is 49.0 Å². The molecule has 0 radical (unpaired) electrons. The van der Waals surface area contributed by atoms with Gasteiger partial charge in [-0.2, -0.15) is 0 Å². The van der Waals surface area contributed by atoms with Gasteiger partial charge in [0.15, 0.2) is 0 Å². The first kappa shape index (κ1) is 34.0. The number of ketones is 1. The van der Waals surface area contributed by atoms with E-state index in [2.05, 4.69) is 32.1 Å². The Hall–Kier alpha value is -2.86. The minimum atomic E-state index is -0.457. The smallest absolute Gasteiger partial charge is 0.274 e. The molecule has 4 heterocycles. The van der Waals surface area contributed by atoms with E-state index in [0.29, 0.717) is 9.58 Å². The molecule has 252 valence electrons. The number of carbonyl (C=O) groups is 1. The molecule has 1 aliphatic carbocycles. The summed E-state index contributed by atoms with van der Waals surface area (Å²) in [4.78, 5) is 38.2. The molecule has 3 aromatic heterocycles. The first-order valence-electron chi connectivity index (χ1n) is 19.2. The Kier molecular flexibility index (Phi) is 11.9. The number of aliphatic imine (C=N–C) groups is 1. The van der Waals surface area contributed by atoms with Crippen molar-refractivity contribution < 1.29 is 4.79 Å². The van der Waals surface area contributed by atoms with Gasteiger partial charge in [0.1, 0.15) is 16.4 Å². The quantitative estimate of drug-likeness (QED) is 0.0793. The zero-order chi connectivity index (χ0) is 32.6. The number of Topliss-reactive ketones (excluding diaryl/α,β-unsaturated/α-hetero) is 1. The second-order valence-corrected chi connectivity index (χ2v) is 15.3. The molecule has 1 aliphatic heterocycles. The second kappa shape index (κ2) is 16.5. The van der Waals surface area contributed by atoms with Crippen LogP contribution < -0.4 is 5.56 Å². The molecule has 0 fully saturated rings. The van der Waals surface area contributed by atoms with E-state index in [1.807, 2.05) is 6.20 Å². The van der Waals surface area contributed by atoms with E-state index in [1.54, 1.807) is 4.40 Å². The fourth-order valence-electron chi connectivity index (χ4n) is 7.84. The van der Waals surface area contributed by atoms with Crippen LogP contribution in [0.3, 0.4) is 0 Å². The van der Waals surface area contributed by atoms with Crippen molar-refractivity contribution in [1.29, 1.82) is 0 Å². The molecular formula is C41H55N3O2S. The van der Waals surface area contributed by atoms with Gasteiger partial charge in [0.05, 0.1) is 10.6 Å². The van der Waals surface area contributed by atoms with Crippen molar-refractivity contribution in [2.24, 2.45) is 4.99 Å². The van der Waals surface area contributed by atoms with Crippen LogP contribution in [0.5, 0.6) is 0 Å². The van der Waals surface area contributed by atoms with Crippen molar-refractivity contribution in [1.82, 2.24) is 9.38 Å². The van der Waals surface area contributed by atoms with Gasteiger partial charge in [0.2, 0.25) is 5.78 Å². The molecule has 0 bridgehead atoms. The summed E-state index contributed by atoms with van der Waals surface area (Å²) in [6.07, 6.45) is 32.1. The van der Waals surface area contributed by atoms with Crippen molar-refractivity contribution in [2.75, 3.05) is 0 Å². The highest BCUT2D eigenvalue weighted by molar-refractivity contribution is 7.22. The lowest BCUT2D eigenvalue weighted by molar-refractivity contribution is 0.0986. The van der Waals surface area contributed by atoms with Gasteiger partial charge >= 0.3 is 0 Å². The normalized spacial score (nSPS) is 15.8. The minimum absolute atomic E-state index is 0.0493. The van der Waals surface area contributed by atoms with Crippen LogP contribution in [0, 0.1) is 0 Å². The third kappa shape index (κ3) is 7.58. The summed E-state index contributed by atoms with van der Waals surface area (Å²) in [5, 5.41) is 2.85. The molecular weight excluding hydrogens is 599 g/mol. The lowest BCUT2D eigenvalue weighted by atomic mass is 9.85. The number of nitrogens with zero attached hydrogens (tertiary/aromatic N) is 3. The standard InChI is InChI=1S/C41H55N3O2S/c1-3-5-7-9-11-13-15-17-19-21-23-29-27-33-31-25-26-32-35-34(31)38(37(45)36(33)42-29)47-39(35)41(46)44-28-30(43-40(32)44)24-22-20-18-16-14-12-10-8-6-4-2/h25-28,36H,3-24H2,1-2H3. The third-order valence-electron chi connectivity index (χ3n) is 10.5. The summed E-state index contributed by atoms with van der Waals surface area (Å²) in [6, 6.07) is 3.82. The van der Waals surface area contributed by atoms with Gasteiger partial charge in [-0.1, -0.05) is 135 Å². The minimum Gasteiger partial charge on any atom is -0.290 e. The van der Waals surface area contributed by atoms with Crippen LogP contribution in [-0.2, 0) is 6.42 Å². The molecule has 0 saturated heterocycles. The number of aromatic nitrogens is 2. The first-order valence-corrected chi connectivity index (χ1v) is 20.0. The van der Waals surface area contributed by atoms with E-state index < -0.39 is 6.04 Å². The zero-order valence-corrected chi connectivity index (χ0v) is 29.8. The van der Waals surface area contributed by atoms with Crippen LogP contribution in [0.15, 0.2) is 34.2 Å². The predicted molar refractivity (Wildman–Crippen MR) is 201 cm³/mol. The molecule has 0 spiro atoms. The van der Waals surface area contributed by atoms with Gasteiger partial charge < -0.3 is 0 Å². The van der Waals surface area contributed by atoms with Crippen LogP contribution in [0.1, 0.15) is 170 Å². The van der Waals surface area contributed by atoms with E-state index in [9.17, 15) is 9.59 Å². The SMILES string of the molecule is CCCCCCCCCCCCC1=NC2C(=O)c3sc4c(=O)n5cc(CCCCCCCCCCCC)nc5c5ccc(c3c45)C2=C1. The van der Waals surface area contributed by atoms with Gasteiger partial charge in [0, 0.05) is 28.1 Å². The molecule has 0 N–H and O–H groups in total. The highest BCUT2D eigenvalue weighted by atomic mass is 32.1. The summed E-state index contributed by atoms with van der Waals surface area (Å²) in [5.74, 6) is 0.0502. The summed E-state index contributed by atoms with van der Waals surface area (Å²) < 4.78 is 2.40. The predicted octanol–water partition coefficient (Wildman–Crippen LogP) is 11.7. The fourth-order valence-corrected chi connectivity index (χ4v) is 9.07. The fraction of sp³-hybridized carbons (Fsp3) is 0.610. The maximum absolute atomic E-state index is 13.8. The van der Waals surface area contributed by atoms with Crippen molar-refractivity contribution in [3.8, 4) is 0 Å². The lowest BCUT2D eigenvalue weighted by Crippen LogP contribution is -2.22. The summed E-state index contributed by atoms with van der Waals surface area (Å²) >= 11 is 1.37. The number of imidazole rings is 1. The molecule has 5 nitrogen and oxygen atoms in total. The Morgan fingerprint density at radius 3 is 1.89 bits per heavy atom. The van der Waals surface area contributed by atoms with Crippen molar-refractivity contribution >= 4 is 54.9 Å². The number of hydrogen-bond acceptors (Lipinski definition) is 5.